The van der Waals surface area contributed by atoms with Crippen LogP contribution in [0.2, 0.25) is 0 Å². The second-order valence-electron chi connectivity index (χ2n) is 6.14. The maximum atomic E-state index is 12.1. The van der Waals surface area contributed by atoms with E-state index in [1.54, 1.807) is 0 Å². The van der Waals surface area contributed by atoms with Crippen LogP contribution in [0.25, 0.3) is 0 Å². The third-order valence-electron chi connectivity index (χ3n) is 4.02. The number of ether oxygens (including phenoxy) is 1. The van der Waals surface area contributed by atoms with E-state index in [0.717, 1.165) is 40.8 Å². The normalized spacial score (nSPS) is 14.9. The molecule has 0 saturated carbocycles. The Hall–Kier alpha value is -1.86. The summed E-state index contributed by atoms with van der Waals surface area (Å²) in [7, 11) is 0. The molecule has 1 N–H and O–H groups in total. The van der Waals surface area contributed by atoms with Crippen LogP contribution in [-0.2, 0) is 3.07 Å². The first-order chi connectivity index (χ1) is 12.7. The van der Waals surface area contributed by atoms with E-state index in [-0.39, 0.29) is 12.6 Å². The number of hydrogen-bond acceptors (Lipinski definition) is 4. The van der Waals surface area contributed by atoms with Gasteiger partial charge in [-0.2, -0.15) is 0 Å². The molecule has 0 radical (unpaired) electrons. The molecule has 0 unspecified atom stereocenters. The van der Waals surface area contributed by atoms with E-state index in [9.17, 15) is 4.79 Å². The number of carbonyl (C=O) groups is 1. The molecule has 3 rings (SSSR count). The topological polar surface area (TPSA) is 55.8 Å². The number of benzene rings is 2. The summed E-state index contributed by atoms with van der Waals surface area (Å²) >= 11 is -2.19. The summed E-state index contributed by atoms with van der Waals surface area (Å²) in [5.41, 5.74) is 1.86. The summed E-state index contributed by atoms with van der Waals surface area (Å²) in [6.07, 6.45) is 3.42. The van der Waals surface area contributed by atoms with Crippen LogP contribution in [-0.4, -0.2) is 17.7 Å². The van der Waals surface area contributed by atoms with Crippen molar-refractivity contribution in [2.75, 3.05) is 6.61 Å². The van der Waals surface area contributed by atoms with Crippen molar-refractivity contribution < 1.29 is 17.7 Å². The fourth-order valence-electron chi connectivity index (χ4n) is 2.61. The molecule has 0 spiro atoms. The Morgan fingerprint density at radius 1 is 1.12 bits per heavy atom. The molecular formula is C21H23IO4. The van der Waals surface area contributed by atoms with E-state index >= 15 is 0 Å². The van der Waals surface area contributed by atoms with Gasteiger partial charge in [-0.15, -0.1) is 0 Å². The first-order valence-electron chi connectivity index (χ1n) is 8.74. The van der Waals surface area contributed by atoms with Gasteiger partial charge in [-0.25, -0.2) is 0 Å². The number of fused-ring (bicyclic) bond motifs is 1. The first-order valence-corrected chi connectivity index (χ1v) is 11.9. The Bertz CT molecular complexity index is 783. The number of halogens is 1. The van der Waals surface area contributed by atoms with Crippen molar-refractivity contribution in [2.24, 2.45) is 0 Å². The number of aliphatic hydroxyl groups is 1. The minimum atomic E-state index is -2.19. The van der Waals surface area contributed by atoms with Crippen molar-refractivity contribution in [1.82, 2.24) is 0 Å². The van der Waals surface area contributed by atoms with E-state index in [2.05, 4.69) is 0 Å². The summed E-state index contributed by atoms with van der Waals surface area (Å²) in [6.45, 7) is 2.25. The number of aliphatic hydroxyl groups excluding tert-OH is 1. The molecule has 5 heteroatoms. The number of rotatable bonds is 8. The van der Waals surface area contributed by atoms with E-state index in [1.165, 1.54) is 5.56 Å². The molecule has 0 aliphatic carbocycles. The molecule has 0 saturated heterocycles. The van der Waals surface area contributed by atoms with Crippen LogP contribution in [0.3, 0.4) is 0 Å². The minimum absolute atomic E-state index is 0.210. The number of allylic oxidation sites excluding steroid dienone is 1. The number of carbonyl (C=O) groups excluding carboxylic acids is 1. The predicted molar refractivity (Wildman–Crippen MR) is 110 cm³/mol. The molecule has 2 aromatic carbocycles. The molecule has 0 aromatic heterocycles. The van der Waals surface area contributed by atoms with Gasteiger partial charge in [0.1, 0.15) is 0 Å². The van der Waals surface area contributed by atoms with Gasteiger partial charge in [0.05, 0.1) is 0 Å². The second kappa shape index (κ2) is 9.19. The van der Waals surface area contributed by atoms with Crippen LogP contribution >= 0.6 is 20.2 Å². The van der Waals surface area contributed by atoms with Crippen LogP contribution in [0.1, 0.15) is 41.6 Å². The van der Waals surface area contributed by atoms with Gasteiger partial charge in [0, 0.05) is 0 Å². The number of hydrogen-bond donors (Lipinski definition) is 1. The quantitative estimate of drug-likeness (QED) is 0.329. The van der Waals surface area contributed by atoms with E-state index in [4.69, 9.17) is 12.9 Å². The fourth-order valence-corrected chi connectivity index (χ4v) is 6.58. The average molecular weight is 466 g/mol. The SMILES string of the molecule is Cc1ccc(O/C(=C\I2OC(=O)c3ccccc32)CCCCCO)cc1. The molecule has 1 aliphatic rings. The summed E-state index contributed by atoms with van der Waals surface area (Å²) in [5.74, 6) is 1.41. The van der Waals surface area contributed by atoms with E-state index < -0.39 is 20.2 Å². The van der Waals surface area contributed by atoms with Gasteiger partial charge in [0.2, 0.25) is 0 Å². The van der Waals surface area contributed by atoms with Gasteiger partial charge in [-0.3, -0.25) is 0 Å². The molecule has 1 heterocycles. The fraction of sp³-hybridized carbons (Fsp3) is 0.286. The zero-order chi connectivity index (χ0) is 18.4. The van der Waals surface area contributed by atoms with Crippen LogP contribution in [0.4, 0.5) is 0 Å². The Labute approximate surface area is 161 Å². The monoisotopic (exact) mass is 466 g/mol. The Balaban J connectivity index is 1.79. The van der Waals surface area contributed by atoms with Crippen LogP contribution in [0.5, 0.6) is 5.75 Å². The zero-order valence-electron chi connectivity index (χ0n) is 14.8. The second-order valence-corrected chi connectivity index (χ2v) is 9.94. The van der Waals surface area contributed by atoms with Gasteiger partial charge in [-0.05, 0) is 0 Å². The summed E-state index contributed by atoms with van der Waals surface area (Å²) in [6, 6.07) is 15.6. The van der Waals surface area contributed by atoms with E-state index in [0.29, 0.717) is 5.56 Å². The molecule has 138 valence electrons. The van der Waals surface area contributed by atoms with Crippen molar-refractivity contribution >= 4 is 26.2 Å². The summed E-state index contributed by atoms with van der Waals surface area (Å²) < 4.78 is 14.9. The Morgan fingerprint density at radius 3 is 2.65 bits per heavy atom. The van der Waals surface area contributed by atoms with Gasteiger partial charge in [0.25, 0.3) is 0 Å². The van der Waals surface area contributed by atoms with Crippen LogP contribution in [0.15, 0.2) is 58.4 Å². The van der Waals surface area contributed by atoms with Gasteiger partial charge >= 0.3 is 162 Å². The predicted octanol–water partition coefficient (Wildman–Crippen LogP) is 5.23. The molecule has 0 amide bonds. The molecule has 26 heavy (non-hydrogen) atoms. The van der Waals surface area contributed by atoms with Crippen LogP contribution in [0, 0.1) is 10.5 Å². The third kappa shape index (κ3) is 4.86. The van der Waals surface area contributed by atoms with Gasteiger partial charge < -0.3 is 0 Å². The van der Waals surface area contributed by atoms with E-state index in [1.807, 2.05) is 59.5 Å². The first kappa shape index (κ1) is 18.9. The molecule has 0 bridgehead atoms. The summed E-state index contributed by atoms with van der Waals surface area (Å²) in [5, 5.41) is 8.97. The summed E-state index contributed by atoms with van der Waals surface area (Å²) in [4.78, 5) is 12.1. The van der Waals surface area contributed by atoms with Crippen molar-refractivity contribution in [2.45, 2.75) is 32.6 Å². The maximum absolute atomic E-state index is 12.1. The van der Waals surface area contributed by atoms with Gasteiger partial charge in [0.15, 0.2) is 0 Å². The number of unbranched alkanes of at least 4 members (excludes halogenated alkanes) is 2. The van der Waals surface area contributed by atoms with Crippen molar-refractivity contribution in [3.8, 4) is 5.75 Å². The third-order valence-corrected chi connectivity index (χ3v) is 8.24. The average Bonchev–Trinajstić information content (AvgIpc) is 2.97. The van der Waals surface area contributed by atoms with Crippen molar-refractivity contribution in [3.05, 3.63) is 73.1 Å². The molecule has 4 nitrogen and oxygen atoms in total. The molecule has 0 fully saturated rings. The molecular weight excluding hydrogens is 443 g/mol. The zero-order valence-corrected chi connectivity index (χ0v) is 16.9. The molecule has 2 aromatic rings. The Kier molecular flexibility index (Phi) is 6.68. The van der Waals surface area contributed by atoms with Gasteiger partial charge in [-0.1, -0.05) is 0 Å². The Morgan fingerprint density at radius 2 is 1.88 bits per heavy atom. The molecule has 0 atom stereocenters. The van der Waals surface area contributed by atoms with Crippen LogP contribution < -0.4 is 4.74 Å². The standard InChI is InChI=1S/C21H23IO4/c1-16-10-12-17(13-11-16)25-18(7-3-2-6-14-23)15-22-20-9-5-4-8-19(20)21(24)26-22/h4-5,8-13,15,23H,2-3,6-7,14H2,1H3/b18-15-. The molecule has 1 aliphatic heterocycles. The van der Waals surface area contributed by atoms with Crippen molar-refractivity contribution in [3.63, 3.8) is 0 Å². The van der Waals surface area contributed by atoms with Crippen molar-refractivity contribution in [1.29, 1.82) is 0 Å². The number of aryl methyl sites for hydroxylation is 1.